The van der Waals surface area contributed by atoms with E-state index in [0.717, 1.165) is 16.1 Å². The van der Waals surface area contributed by atoms with E-state index in [1.807, 2.05) is 50.4 Å². The first kappa shape index (κ1) is 15.4. The van der Waals surface area contributed by atoms with E-state index < -0.39 is 0 Å². The molecule has 0 aromatic heterocycles. The van der Waals surface area contributed by atoms with E-state index in [0.29, 0.717) is 10.6 Å². The van der Waals surface area contributed by atoms with E-state index in [-0.39, 0.29) is 11.9 Å². The van der Waals surface area contributed by atoms with Crippen LogP contribution in [0.3, 0.4) is 0 Å². The van der Waals surface area contributed by atoms with Gasteiger partial charge in [-0.3, -0.25) is 0 Å². The molecule has 0 saturated heterocycles. The average Bonchev–Trinajstić information content (AvgIpc) is 2.46. The molecule has 0 aliphatic heterocycles. The smallest absolute Gasteiger partial charge is 0.137 e. The lowest BCUT2D eigenvalue weighted by atomic mass is 10.1. The number of hydrogen-bond donors (Lipinski definition) is 1. The van der Waals surface area contributed by atoms with Gasteiger partial charge in [0.25, 0.3) is 0 Å². The fraction of sp³-hybridized carbons (Fsp3) is 0.250. The van der Waals surface area contributed by atoms with Gasteiger partial charge in [-0.25, -0.2) is 4.39 Å². The maximum atomic E-state index is 14.1. The zero-order valence-electron chi connectivity index (χ0n) is 11.5. The van der Waals surface area contributed by atoms with Crippen LogP contribution in [0.5, 0.6) is 0 Å². The molecule has 1 unspecified atom stereocenters. The monoisotopic (exact) mass is 309 g/mol. The molecule has 2 aromatic rings. The summed E-state index contributed by atoms with van der Waals surface area (Å²) in [6.45, 7) is 2.01. The van der Waals surface area contributed by atoms with Crippen molar-refractivity contribution < 1.29 is 4.39 Å². The molecule has 106 valence electrons. The van der Waals surface area contributed by atoms with Crippen molar-refractivity contribution in [1.29, 1.82) is 0 Å². The van der Waals surface area contributed by atoms with Crippen LogP contribution < -0.4 is 5.32 Å². The van der Waals surface area contributed by atoms with Gasteiger partial charge in [0.15, 0.2) is 0 Å². The topological polar surface area (TPSA) is 12.0 Å². The minimum absolute atomic E-state index is 0.145. The summed E-state index contributed by atoms with van der Waals surface area (Å²) in [6.07, 6.45) is 0. The number of thioether (sulfide) groups is 1. The molecule has 0 heterocycles. The van der Waals surface area contributed by atoms with Crippen LogP contribution >= 0.6 is 23.4 Å². The molecule has 0 radical (unpaired) electrons. The summed E-state index contributed by atoms with van der Waals surface area (Å²) in [7, 11) is 1.86. The fourth-order valence-electron chi connectivity index (χ4n) is 1.84. The van der Waals surface area contributed by atoms with E-state index >= 15 is 0 Å². The Hall–Kier alpha value is -1.03. The van der Waals surface area contributed by atoms with E-state index in [1.165, 1.54) is 11.8 Å². The van der Waals surface area contributed by atoms with Crippen molar-refractivity contribution in [2.24, 2.45) is 0 Å². The summed E-state index contributed by atoms with van der Waals surface area (Å²) in [5.74, 6) is 0.485. The summed E-state index contributed by atoms with van der Waals surface area (Å²) in [5.41, 5.74) is 1.97. The Morgan fingerprint density at radius 3 is 2.65 bits per heavy atom. The van der Waals surface area contributed by atoms with Gasteiger partial charge in [-0.2, -0.15) is 0 Å². The van der Waals surface area contributed by atoms with E-state index in [2.05, 4.69) is 5.32 Å². The predicted octanol–water partition coefficient (Wildman–Crippen LogP) is 5.05. The second kappa shape index (κ2) is 7.11. The first-order valence-electron chi connectivity index (χ1n) is 6.44. The number of hydrogen-bond acceptors (Lipinski definition) is 2. The van der Waals surface area contributed by atoms with Crippen LogP contribution in [0.15, 0.2) is 47.4 Å². The lowest BCUT2D eigenvalue weighted by Crippen LogP contribution is -2.12. The zero-order chi connectivity index (χ0) is 14.5. The molecule has 0 aliphatic rings. The summed E-state index contributed by atoms with van der Waals surface area (Å²) in [6, 6.07) is 13.2. The standard InChI is InChI=1S/C16H17ClFNS/c1-11(19-2)12-7-8-16(15(18)9-12)20-10-13-5-3-4-6-14(13)17/h3-9,11,19H,10H2,1-2H3. The molecule has 0 aliphatic carbocycles. The largest absolute Gasteiger partial charge is 0.313 e. The Labute approximate surface area is 128 Å². The molecule has 0 fully saturated rings. The van der Waals surface area contributed by atoms with Crippen molar-refractivity contribution in [2.45, 2.75) is 23.6 Å². The summed E-state index contributed by atoms with van der Waals surface area (Å²) < 4.78 is 14.1. The third-order valence-electron chi connectivity index (χ3n) is 3.23. The van der Waals surface area contributed by atoms with Crippen molar-refractivity contribution in [1.82, 2.24) is 5.32 Å². The van der Waals surface area contributed by atoms with Gasteiger partial charge in [-0.05, 0) is 43.3 Å². The van der Waals surface area contributed by atoms with Crippen LogP contribution in [0, 0.1) is 5.82 Å². The van der Waals surface area contributed by atoms with E-state index in [4.69, 9.17) is 11.6 Å². The number of rotatable bonds is 5. The second-order valence-corrected chi connectivity index (χ2v) is 6.00. The summed E-state index contributed by atoms with van der Waals surface area (Å²) in [4.78, 5) is 0.650. The van der Waals surface area contributed by atoms with Crippen LogP contribution in [0.2, 0.25) is 5.02 Å². The average molecular weight is 310 g/mol. The van der Waals surface area contributed by atoms with Crippen LogP contribution in [0.25, 0.3) is 0 Å². The van der Waals surface area contributed by atoms with Crippen molar-refractivity contribution in [3.05, 3.63) is 64.4 Å². The van der Waals surface area contributed by atoms with Crippen LogP contribution in [0.4, 0.5) is 4.39 Å². The normalized spacial score (nSPS) is 12.4. The van der Waals surface area contributed by atoms with Crippen LogP contribution in [0.1, 0.15) is 24.1 Å². The van der Waals surface area contributed by atoms with Gasteiger partial charge >= 0.3 is 0 Å². The van der Waals surface area contributed by atoms with E-state index in [1.54, 1.807) is 6.07 Å². The highest BCUT2D eigenvalue weighted by molar-refractivity contribution is 7.98. The van der Waals surface area contributed by atoms with Gasteiger partial charge in [0.05, 0.1) is 0 Å². The number of halogens is 2. The molecule has 1 N–H and O–H groups in total. The highest BCUT2D eigenvalue weighted by atomic mass is 35.5. The third-order valence-corrected chi connectivity index (χ3v) is 4.70. The van der Waals surface area contributed by atoms with E-state index in [9.17, 15) is 4.39 Å². The fourth-order valence-corrected chi connectivity index (χ4v) is 3.05. The number of benzene rings is 2. The Kier molecular flexibility index (Phi) is 5.46. The molecule has 2 rings (SSSR count). The summed E-state index contributed by atoms with van der Waals surface area (Å²) in [5, 5.41) is 3.83. The Bertz CT molecular complexity index is 588. The van der Waals surface area contributed by atoms with Crippen LogP contribution in [-0.4, -0.2) is 7.05 Å². The maximum Gasteiger partial charge on any atom is 0.137 e. The molecule has 0 spiro atoms. The minimum Gasteiger partial charge on any atom is -0.313 e. The molecule has 1 atom stereocenters. The first-order chi connectivity index (χ1) is 9.61. The highest BCUT2D eigenvalue weighted by Gasteiger charge is 2.09. The van der Waals surface area contributed by atoms with Crippen molar-refractivity contribution >= 4 is 23.4 Å². The third kappa shape index (κ3) is 3.75. The molecule has 4 heteroatoms. The van der Waals surface area contributed by atoms with Gasteiger partial charge < -0.3 is 5.32 Å². The quantitative estimate of drug-likeness (QED) is 0.775. The zero-order valence-corrected chi connectivity index (χ0v) is 13.1. The number of nitrogens with one attached hydrogen (secondary N) is 1. The van der Waals surface area contributed by atoms with Gasteiger partial charge in [-0.1, -0.05) is 35.9 Å². The minimum atomic E-state index is -0.179. The lowest BCUT2D eigenvalue weighted by molar-refractivity contribution is 0.587. The molecular formula is C16H17ClFNS. The van der Waals surface area contributed by atoms with Gasteiger partial charge in [0.2, 0.25) is 0 Å². The van der Waals surface area contributed by atoms with Crippen molar-refractivity contribution in [2.75, 3.05) is 7.05 Å². The second-order valence-electron chi connectivity index (χ2n) is 4.58. The predicted molar refractivity (Wildman–Crippen MR) is 84.9 cm³/mol. The first-order valence-corrected chi connectivity index (χ1v) is 7.81. The molecule has 0 bridgehead atoms. The van der Waals surface area contributed by atoms with Crippen molar-refractivity contribution in [3.8, 4) is 0 Å². The Morgan fingerprint density at radius 2 is 2.00 bits per heavy atom. The maximum absolute atomic E-state index is 14.1. The van der Waals surface area contributed by atoms with Gasteiger partial charge in [-0.15, -0.1) is 11.8 Å². The molecule has 1 nitrogen and oxygen atoms in total. The van der Waals surface area contributed by atoms with Gasteiger partial charge in [0, 0.05) is 21.7 Å². The molecule has 2 aromatic carbocycles. The highest BCUT2D eigenvalue weighted by Crippen LogP contribution is 2.29. The summed E-state index contributed by atoms with van der Waals surface area (Å²) >= 11 is 7.56. The molecule has 0 amide bonds. The molecule has 0 saturated carbocycles. The van der Waals surface area contributed by atoms with Crippen molar-refractivity contribution in [3.63, 3.8) is 0 Å². The SMILES string of the molecule is CNC(C)c1ccc(SCc2ccccc2Cl)c(F)c1. The lowest BCUT2D eigenvalue weighted by Gasteiger charge is -2.12. The molecular weight excluding hydrogens is 293 g/mol. The van der Waals surface area contributed by atoms with Gasteiger partial charge in [0.1, 0.15) is 5.82 Å². The Balaban J connectivity index is 2.09. The van der Waals surface area contributed by atoms with Crippen LogP contribution in [-0.2, 0) is 5.75 Å². The Morgan fingerprint density at radius 1 is 1.25 bits per heavy atom. The molecule has 20 heavy (non-hydrogen) atoms.